The van der Waals surface area contributed by atoms with Crippen LogP contribution in [-0.4, -0.2) is 29.2 Å². The van der Waals surface area contributed by atoms with Crippen LogP contribution in [0.5, 0.6) is 0 Å². The lowest BCUT2D eigenvalue weighted by Gasteiger charge is -2.31. The van der Waals surface area contributed by atoms with Crippen LogP contribution in [0.15, 0.2) is 17.2 Å². The molecule has 1 heterocycles. The van der Waals surface area contributed by atoms with Crippen LogP contribution in [0.2, 0.25) is 0 Å². The van der Waals surface area contributed by atoms with E-state index in [2.05, 4.69) is 32.7 Å². The molecule has 0 saturated heterocycles. The summed E-state index contributed by atoms with van der Waals surface area (Å²) in [4.78, 5) is 18.8. The van der Waals surface area contributed by atoms with E-state index in [1.807, 2.05) is 11.8 Å². The Morgan fingerprint density at radius 2 is 2.10 bits per heavy atom. The molecular weight excluding hydrogens is 252 g/mol. The van der Waals surface area contributed by atoms with E-state index in [4.69, 9.17) is 5.73 Å². The van der Waals surface area contributed by atoms with Gasteiger partial charge in [-0.25, -0.2) is 4.98 Å². The number of hydrogen-bond acceptors (Lipinski definition) is 4. The topological polar surface area (TPSA) is 64.2 Å². The average Bonchev–Trinajstić information content (AvgIpc) is 2.38. The second kappa shape index (κ2) is 6.88. The Kier molecular flexibility index (Phi) is 5.74. The van der Waals surface area contributed by atoms with Crippen molar-refractivity contribution in [1.29, 1.82) is 0 Å². The quantitative estimate of drug-likeness (QED) is 0.826. The van der Waals surface area contributed by atoms with Gasteiger partial charge in [0.25, 0.3) is 5.56 Å². The van der Waals surface area contributed by atoms with E-state index >= 15 is 0 Å². The van der Waals surface area contributed by atoms with Crippen LogP contribution in [0.25, 0.3) is 0 Å². The lowest BCUT2D eigenvalue weighted by atomic mass is 9.93. The fourth-order valence-corrected chi connectivity index (χ4v) is 2.11. The molecule has 2 N–H and O–H groups in total. The Bertz CT molecular complexity index is 479. The van der Waals surface area contributed by atoms with Crippen LogP contribution < -0.4 is 16.2 Å². The number of hydrogen-bond donors (Lipinski definition) is 1. The predicted octanol–water partition coefficient (Wildman–Crippen LogP) is 1.71. The molecule has 1 aromatic heterocycles. The number of nitrogens with zero attached hydrogens (tertiary/aromatic N) is 3. The average molecular weight is 280 g/mol. The van der Waals surface area contributed by atoms with Crippen molar-refractivity contribution in [2.75, 3.05) is 24.5 Å². The normalized spacial score (nSPS) is 11.9. The van der Waals surface area contributed by atoms with Crippen molar-refractivity contribution in [2.24, 2.45) is 17.1 Å². The zero-order valence-electron chi connectivity index (χ0n) is 13.4. The van der Waals surface area contributed by atoms with Gasteiger partial charge in [0.2, 0.25) is 0 Å². The van der Waals surface area contributed by atoms with Gasteiger partial charge in [0.15, 0.2) is 5.82 Å². The maximum atomic E-state index is 12.5. The van der Waals surface area contributed by atoms with Gasteiger partial charge < -0.3 is 15.2 Å². The standard InChI is InChI=1S/C15H28N4O/c1-6-18(11-15(4,5)10-16)13-14(20)19(8-7-17-13)9-12(2)3/h7-8,12H,6,9-11,16H2,1-5H3. The van der Waals surface area contributed by atoms with Crippen molar-refractivity contribution >= 4 is 5.82 Å². The highest BCUT2D eigenvalue weighted by Crippen LogP contribution is 2.17. The minimum absolute atomic E-state index is 0.0177. The zero-order valence-corrected chi connectivity index (χ0v) is 13.4. The van der Waals surface area contributed by atoms with Crippen LogP contribution in [0.1, 0.15) is 34.6 Å². The Labute approximate surface area is 121 Å². The van der Waals surface area contributed by atoms with Crippen LogP contribution >= 0.6 is 0 Å². The van der Waals surface area contributed by atoms with Gasteiger partial charge in [0.1, 0.15) is 0 Å². The molecule has 1 rings (SSSR count). The maximum absolute atomic E-state index is 12.5. The SMILES string of the molecule is CCN(CC(C)(C)CN)c1nccn(CC(C)C)c1=O. The molecule has 0 unspecified atom stereocenters. The summed E-state index contributed by atoms with van der Waals surface area (Å²) < 4.78 is 1.74. The molecule has 0 bridgehead atoms. The smallest absolute Gasteiger partial charge is 0.293 e. The third-order valence-corrected chi connectivity index (χ3v) is 3.31. The van der Waals surface area contributed by atoms with E-state index in [0.29, 0.717) is 24.8 Å². The summed E-state index contributed by atoms with van der Waals surface area (Å²) in [5.74, 6) is 0.954. The molecule has 0 aromatic carbocycles. The molecule has 0 atom stereocenters. The molecule has 0 amide bonds. The van der Waals surface area contributed by atoms with E-state index in [0.717, 1.165) is 13.1 Å². The van der Waals surface area contributed by atoms with Crippen LogP contribution in [0.3, 0.4) is 0 Å². The minimum atomic E-state index is -0.0388. The molecule has 20 heavy (non-hydrogen) atoms. The Morgan fingerprint density at radius 1 is 1.45 bits per heavy atom. The van der Waals surface area contributed by atoms with Gasteiger partial charge in [-0.05, 0) is 24.8 Å². The van der Waals surface area contributed by atoms with Crippen LogP contribution in [0, 0.1) is 11.3 Å². The van der Waals surface area contributed by atoms with Gasteiger partial charge in [-0.1, -0.05) is 27.7 Å². The lowest BCUT2D eigenvalue weighted by molar-refractivity contribution is 0.377. The highest BCUT2D eigenvalue weighted by Gasteiger charge is 2.22. The molecule has 0 saturated carbocycles. The van der Waals surface area contributed by atoms with Crippen molar-refractivity contribution in [3.8, 4) is 0 Å². The van der Waals surface area contributed by atoms with E-state index in [1.165, 1.54) is 0 Å². The Morgan fingerprint density at radius 3 is 2.60 bits per heavy atom. The first-order valence-corrected chi connectivity index (χ1v) is 7.31. The Balaban J connectivity index is 3.07. The summed E-state index contributed by atoms with van der Waals surface area (Å²) in [5.41, 5.74) is 5.73. The second-order valence-electron chi connectivity index (χ2n) is 6.48. The van der Waals surface area contributed by atoms with Gasteiger partial charge in [0, 0.05) is 32.0 Å². The predicted molar refractivity (Wildman–Crippen MR) is 84.1 cm³/mol. The molecule has 5 heteroatoms. The molecule has 114 valence electrons. The summed E-state index contributed by atoms with van der Waals surface area (Å²) in [6.07, 6.45) is 3.46. The highest BCUT2D eigenvalue weighted by atomic mass is 16.1. The first-order valence-electron chi connectivity index (χ1n) is 7.31. The summed E-state index contributed by atoms with van der Waals surface area (Å²) in [5, 5.41) is 0. The molecule has 0 radical (unpaired) electrons. The van der Waals surface area contributed by atoms with E-state index in [9.17, 15) is 4.79 Å². The zero-order chi connectivity index (χ0) is 15.3. The molecule has 1 aromatic rings. The summed E-state index contributed by atoms with van der Waals surface area (Å²) in [6, 6.07) is 0. The van der Waals surface area contributed by atoms with Crippen molar-refractivity contribution in [2.45, 2.75) is 41.2 Å². The summed E-state index contributed by atoms with van der Waals surface area (Å²) in [6.45, 7) is 13.2. The largest absolute Gasteiger partial charge is 0.352 e. The number of nitrogens with two attached hydrogens (primary N) is 1. The van der Waals surface area contributed by atoms with Crippen LogP contribution in [0.4, 0.5) is 5.82 Å². The first-order chi connectivity index (χ1) is 9.30. The lowest BCUT2D eigenvalue weighted by Crippen LogP contribution is -2.42. The van der Waals surface area contributed by atoms with Gasteiger partial charge in [-0.15, -0.1) is 0 Å². The molecular formula is C15H28N4O. The van der Waals surface area contributed by atoms with E-state index in [1.54, 1.807) is 17.0 Å². The van der Waals surface area contributed by atoms with Crippen molar-refractivity contribution in [3.63, 3.8) is 0 Å². The van der Waals surface area contributed by atoms with Crippen LogP contribution in [-0.2, 0) is 6.54 Å². The second-order valence-corrected chi connectivity index (χ2v) is 6.48. The van der Waals surface area contributed by atoms with Gasteiger partial charge in [0.05, 0.1) is 0 Å². The van der Waals surface area contributed by atoms with Crippen molar-refractivity contribution in [3.05, 3.63) is 22.7 Å². The van der Waals surface area contributed by atoms with Gasteiger partial charge in [-0.3, -0.25) is 4.79 Å². The van der Waals surface area contributed by atoms with E-state index in [-0.39, 0.29) is 11.0 Å². The maximum Gasteiger partial charge on any atom is 0.293 e. The molecule has 0 aliphatic heterocycles. The number of rotatable bonds is 7. The fourth-order valence-electron chi connectivity index (χ4n) is 2.11. The monoisotopic (exact) mass is 280 g/mol. The van der Waals surface area contributed by atoms with E-state index < -0.39 is 0 Å². The highest BCUT2D eigenvalue weighted by molar-refractivity contribution is 5.35. The number of anilines is 1. The Hall–Kier alpha value is -1.36. The molecule has 0 spiro atoms. The molecule has 0 aliphatic carbocycles. The third kappa shape index (κ3) is 4.34. The summed E-state index contributed by atoms with van der Waals surface area (Å²) >= 11 is 0. The minimum Gasteiger partial charge on any atom is -0.352 e. The van der Waals surface area contributed by atoms with Gasteiger partial charge >= 0.3 is 0 Å². The fraction of sp³-hybridized carbons (Fsp3) is 0.733. The van der Waals surface area contributed by atoms with Gasteiger partial charge in [-0.2, -0.15) is 0 Å². The molecule has 0 aliphatic rings. The van der Waals surface area contributed by atoms with Crippen molar-refractivity contribution < 1.29 is 0 Å². The number of aromatic nitrogens is 2. The third-order valence-electron chi connectivity index (χ3n) is 3.31. The first kappa shape index (κ1) is 16.7. The summed E-state index contributed by atoms with van der Waals surface area (Å²) in [7, 11) is 0. The molecule has 5 nitrogen and oxygen atoms in total. The molecule has 0 fully saturated rings. The van der Waals surface area contributed by atoms with Crippen molar-refractivity contribution in [1.82, 2.24) is 9.55 Å².